The summed E-state index contributed by atoms with van der Waals surface area (Å²) < 4.78 is 0. The predicted octanol–water partition coefficient (Wildman–Crippen LogP) is 2.61. The minimum atomic E-state index is -0.0796. The van der Waals surface area contributed by atoms with Gasteiger partial charge in [0.25, 0.3) is 5.91 Å². The summed E-state index contributed by atoms with van der Waals surface area (Å²) in [4.78, 5) is 29.7. The van der Waals surface area contributed by atoms with E-state index in [1.54, 1.807) is 6.08 Å². The molecule has 1 aliphatic carbocycles. The third-order valence-corrected chi connectivity index (χ3v) is 5.83. The normalized spacial score (nSPS) is 19.7. The molecular formula is C22H31N3O2. The number of benzene rings is 1. The maximum Gasteiger partial charge on any atom is 0.253 e. The third-order valence-electron chi connectivity index (χ3n) is 5.83. The van der Waals surface area contributed by atoms with E-state index in [9.17, 15) is 9.59 Å². The predicted molar refractivity (Wildman–Crippen MR) is 108 cm³/mol. The quantitative estimate of drug-likeness (QED) is 0.784. The van der Waals surface area contributed by atoms with Crippen LogP contribution in [0.5, 0.6) is 0 Å². The third kappa shape index (κ3) is 4.78. The summed E-state index contributed by atoms with van der Waals surface area (Å²) in [6, 6.07) is 7.67. The SMILES string of the molecule is C=CCNC(=O)[C@@H](C1CCCC1)N1CCN(C(=O)c2ccc(C)cc2)CC1. The van der Waals surface area contributed by atoms with E-state index in [0.717, 1.165) is 37.1 Å². The van der Waals surface area contributed by atoms with Crippen molar-refractivity contribution in [1.29, 1.82) is 0 Å². The number of piperazine rings is 1. The maximum absolute atomic E-state index is 12.8. The number of carbonyl (C=O) groups is 2. The molecule has 1 saturated heterocycles. The van der Waals surface area contributed by atoms with Crippen molar-refractivity contribution in [3.05, 3.63) is 48.0 Å². The molecule has 0 aromatic heterocycles. The van der Waals surface area contributed by atoms with Gasteiger partial charge in [0.2, 0.25) is 5.91 Å². The Balaban J connectivity index is 1.62. The highest BCUT2D eigenvalue weighted by molar-refractivity contribution is 5.94. The van der Waals surface area contributed by atoms with Gasteiger partial charge in [-0.3, -0.25) is 14.5 Å². The molecule has 1 aromatic rings. The zero-order valence-electron chi connectivity index (χ0n) is 16.3. The van der Waals surface area contributed by atoms with Crippen molar-refractivity contribution in [2.45, 2.75) is 38.6 Å². The molecular weight excluding hydrogens is 338 g/mol. The second kappa shape index (κ2) is 9.18. The van der Waals surface area contributed by atoms with Crippen LogP contribution in [0.25, 0.3) is 0 Å². The molecule has 0 bridgehead atoms. The highest BCUT2D eigenvalue weighted by atomic mass is 16.2. The molecule has 3 rings (SSSR count). The van der Waals surface area contributed by atoms with Crippen LogP contribution in [0.1, 0.15) is 41.6 Å². The van der Waals surface area contributed by atoms with Crippen LogP contribution in [0.15, 0.2) is 36.9 Å². The van der Waals surface area contributed by atoms with E-state index in [4.69, 9.17) is 0 Å². The van der Waals surface area contributed by atoms with Crippen LogP contribution in [-0.4, -0.2) is 60.4 Å². The molecule has 5 nitrogen and oxygen atoms in total. The summed E-state index contributed by atoms with van der Waals surface area (Å²) >= 11 is 0. The van der Waals surface area contributed by atoms with Gasteiger partial charge in [-0.05, 0) is 37.8 Å². The van der Waals surface area contributed by atoms with Crippen molar-refractivity contribution in [3.63, 3.8) is 0 Å². The Morgan fingerprint density at radius 3 is 2.37 bits per heavy atom. The van der Waals surface area contributed by atoms with Crippen molar-refractivity contribution in [2.75, 3.05) is 32.7 Å². The van der Waals surface area contributed by atoms with Crippen molar-refractivity contribution in [1.82, 2.24) is 15.1 Å². The Kier molecular flexibility index (Phi) is 6.67. The highest BCUT2D eigenvalue weighted by Crippen LogP contribution is 2.31. The van der Waals surface area contributed by atoms with E-state index in [1.807, 2.05) is 36.1 Å². The molecule has 27 heavy (non-hydrogen) atoms. The Morgan fingerprint density at radius 2 is 1.78 bits per heavy atom. The van der Waals surface area contributed by atoms with Crippen LogP contribution < -0.4 is 5.32 Å². The van der Waals surface area contributed by atoms with Gasteiger partial charge < -0.3 is 10.2 Å². The van der Waals surface area contributed by atoms with Crippen LogP contribution in [0, 0.1) is 12.8 Å². The Morgan fingerprint density at radius 1 is 1.15 bits per heavy atom. The largest absolute Gasteiger partial charge is 0.351 e. The molecule has 1 saturated carbocycles. The minimum Gasteiger partial charge on any atom is -0.351 e. The second-order valence-electron chi connectivity index (χ2n) is 7.72. The second-order valence-corrected chi connectivity index (χ2v) is 7.72. The van der Waals surface area contributed by atoms with Crippen molar-refractivity contribution >= 4 is 11.8 Å². The molecule has 2 fully saturated rings. The Bertz CT molecular complexity index is 657. The number of carbonyl (C=O) groups excluding carboxylic acids is 2. The lowest BCUT2D eigenvalue weighted by Gasteiger charge is -2.40. The molecule has 1 aromatic carbocycles. The lowest BCUT2D eigenvalue weighted by molar-refractivity contribution is -0.129. The van der Waals surface area contributed by atoms with E-state index in [0.29, 0.717) is 25.6 Å². The molecule has 0 unspecified atom stereocenters. The van der Waals surface area contributed by atoms with Crippen LogP contribution in [0.4, 0.5) is 0 Å². The fraction of sp³-hybridized carbons (Fsp3) is 0.545. The number of rotatable bonds is 6. The van der Waals surface area contributed by atoms with Gasteiger partial charge in [0, 0.05) is 38.3 Å². The van der Waals surface area contributed by atoms with E-state index in [2.05, 4.69) is 16.8 Å². The lowest BCUT2D eigenvalue weighted by atomic mass is 9.95. The molecule has 146 valence electrons. The number of nitrogens with zero attached hydrogens (tertiary/aromatic N) is 2. The lowest BCUT2D eigenvalue weighted by Crippen LogP contribution is -2.58. The van der Waals surface area contributed by atoms with Crippen molar-refractivity contribution in [2.24, 2.45) is 5.92 Å². The zero-order valence-corrected chi connectivity index (χ0v) is 16.3. The Labute approximate surface area is 162 Å². The van der Waals surface area contributed by atoms with Crippen LogP contribution >= 0.6 is 0 Å². The molecule has 5 heteroatoms. The smallest absolute Gasteiger partial charge is 0.253 e. The topological polar surface area (TPSA) is 52.7 Å². The summed E-state index contributed by atoms with van der Waals surface area (Å²) in [5, 5.41) is 2.99. The van der Waals surface area contributed by atoms with E-state index < -0.39 is 0 Å². The first-order valence-electron chi connectivity index (χ1n) is 10.1. The number of hydrogen-bond donors (Lipinski definition) is 1. The minimum absolute atomic E-state index is 0.0796. The van der Waals surface area contributed by atoms with Gasteiger partial charge in [-0.15, -0.1) is 6.58 Å². The fourth-order valence-electron chi connectivity index (χ4n) is 4.31. The van der Waals surface area contributed by atoms with Crippen LogP contribution in [-0.2, 0) is 4.79 Å². The first-order chi connectivity index (χ1) is 13.1. The summed E-state index contributed by atoms with van der Waals surface area (Å²) in [6.45, 7) is 9.07. The first-order valence-corrected chi connectivity index (χ1v) is 10.1. The number of amides is 2. The monoisotopic (exact) mass is 369 g/mol. The molecule has 2 aliphatic rings. The summed E-state index contributed by atoms with van der Waals surface area (Å²) in [5.74, 6) is 0.623. The average Bonchev–Trinajstić information content (AvgIpc) is 3.21. The van der Waals surface area contributed by atoms with Crippen LogP contribution in [0.3, 0.4) is 0 Å². The van der Waals surface area contributed by atoms with Gasteiger partial charge in [0.15, 0.2) is 0 Å². The van der Waals surface area contributed by atoms with Gasteiger partial charge in [-0.2, -0.15) is 0 Å². The van der Waals surface area contributed by atoms with E-state index >= 15 is 0 Å². The van der Waals surface area contributed by atoms with Gasteiger partial charge >= 0.3 is 0 Å². The maximum atomic E-state index is 12.8. The molecule has 0 spiro atoms. The number of hydrogen-bond acceptors (Lipinski definition) is 3. The molecule has 1 atom stereocenters. The summed E-state index contributed by atoms with van der Waals surface area (Å²) in [5.41, 5.74) is 1.89. The number of aryl methyl sites for hydroxylation is 1. The highest BCUT2D eigenvalue weighted by Gasteiger charge is 2.37. The van der Waals surface area contributed by atoms with Crippen molar-refractivity contribution < 1.29 is 9.59 Å². The molecule has 1 N–H and O–H groups in total. The van der Waals surface area contributed by atoms with Gasteiger partial charge in [-0.25, -0.2) is 0 Å². The van der Waals surface area contributed by atoms with E-state index in [-0.39, 0.29) is 17.9 Å². The summed E-state index contributed by atoms with van der Waals surface area (Å²) in [6.07, 6.45) is 6.38. The molecule has 0 radical (unpaired) electrons. The van der Waals surface area contributed by atoms with Gasteiger partial charge in [0.05, 0.1) is 6.04 Å². The van der Waals surface area contributed by atoms with Gasteiger partial charge in [0.1, 0.15) is 0 Å². The standard InChI is InChI=1S/C22H31N3O2/c1-3-12-23-21(26)20(18-6-4-5-7-18)24-13-15-25(16-14-24)22(27)19-10-8-17(2)9-11-19/h3,8-11,18,20H,1,4-7,12-16H2,2H3,(H,23,26)/t20-/m1/s1. The average molecular weight is 370 g/mol. The summed E-state index contributed by atoms with van der Waals surface area (Å²) in [7, 11) is 0. The molecule has 2 amide bonds. The van der Waals surface area contributed by atoms with E-state index in [1.165, 1.54) is 12.8 Å². The Hall–Kier alpha value is -2.14. The number of nitrogens with one attached hydrogen (secondary N) is 1. The van der Waals surface area contributed by atoms with Crippen molar-refractivity contribution in [3.8, 4) is 0 Å². The van der Waals surface area contributed by atoms with Gasteiger partial charge in [-0.1, -0.05) is 36.6 Å². The molecule has 1 heterocycles. The van der Waals surface area contributed by atoms with Crippen LogP contribution in [0.2, 0.25) is 0 Å². The fourth-order valence-corrected chi connectivity index (χ4v) is 4.31. The zero-order chi connectivity index (χ0) is 19.2. The molecule has 1 aliphatic heterocycles. The first kappa shape index (κ1) is 19.6.